The Morgan fingerprint density at radius 1 is 1.04 bits per heavy atom. The summed E-state index contributed by atoms with van der Waals surface area (Å²) in [4.78, 5) is 4.00. The molecule has 3 aromatic rings. The Labute approximate surface area is 135 Å². The zero-order valence-corrected chi connectivity index (χ0v) is 12.8. The lowest BCUT2D eigenvalue weighted by Gasteiger charge is -2.32. The number of fused-ring (bicyclic) bond motifs is 1. The summed E-state index contributed by atoms with van der Waals surface area (Å²) in [6, 6.07) is 18.4. The predicted molar refractivity (Wildman–Crippen MR) is 88.8 cm³/mol. The highest BCUT2D eigenvalue weighted by atomic mass is 15.5. The van der Waals surface area contributed by atoms with Crippen molar-refractivity contribution in [2.75, 3.05) is 6.54 Å². The van der Waals surface area contributed by atoms with Crippen LogP contribution in [0.5, 0.6) is 0 Å². The molecule has 0 aliphatic carbocycles. The average Bonchev–Trinajstić information content (AvgIpc) is 3.04. The third-order valence-electron chi connectivity index (χ3n) is 4.22. The SMILES string of the molecule is NC1CN(Cc2cnn(-c3ccccc3)n2)Cc2ccccc21. The zero-order valence-electron chi connectivity index (χ0n) is 12.8. The second-order valence-corrected chi connectivity index (χ2v) is 5.94. The molecule has 0 amide bonds. The quantitative estimate of drug-likeness (QED) is 0.806. The van der Waals surface area contributed by atoms with Gasteiger partial charge in [0.05, 0.1) is 17.6 Å². The van der Waals surface area contributed by atoms with E-state index in [-0.39, 0.29) is 6.04 Å². The average molecular weight is 305 g/mol. The number of benzene rings is 2. The van der Waals surface area contributed by atoms with E-state index in [0.29, 0.717) is 0 Å². The number of hydrogen-bond acceptors (Lipinski definition) is 4. The molecule has 4 rings (SSSR count). The summed E-state index contributed by atoms with van der Waals surface area (Å²) >= 11 is 0. The van der Waals surface area contributed by atoms with Crippen LogP contribution in [0.4, 0.5) is 0 Å². The van der Waals surface area contributed by atoms with Crippen molar-refractivity contribution < 1.29 is 0 Å². The minimum Gasteiger partial charge on any atom is -0.323 e. The van der Waals surface area contributed by atoms with Crippen LogP contribution in [0.1, 0.15) is 22.9 Å². The normalized spacial score (nSPS) is 17.9. The number of nitrogens with zero attached hydrogens (tertiary/aromatic N) is 4. The Bertz CT molecular complexity index is 796. The molecule has 0 bridgehead atoms. The van der Waals surface area contributed by atoms with E-state index in [1.165, 1.54) is 11.1 Å². The predicted octanol–water partition coefficient (Wildman–Crippen LogP) is 2.28. The standard InChI is InChI=1S/C18H19N5/c19-18-13-22(11-14-6-4-5-9-17(14)18)12-15-10-20-23(21-15)16-7-2-1-3-8-16/h1-10,18H,11-13,19H2. The number of nitrogens with two attached hydrogens (primary N) is 1. The molecule has 1 aromatic heterocycles. The summed E-state index contributed by atoms with van der Waals surface area (Å²) in [6.07, 6.45) is 1.83. The molecule has 2 aromatic carbocycles. The molecule has 1 unspecified atom stereocenters. The van der Waals surface area contributed by atoms with Crippen molar-refractivity contribution in [2.45, 2.75) is 19.1 Å². The molecule has 0 spiro atoms. The van der Waals surface area contributed by atoms with Gasteiger partial charge in [-0.05, 0) is 23.3 Å². The van der Waals surface area contributed by atoms with E-state index < -0.39 is 0 Å². The lowest BCUT2D eigenvalue weighted by molar-refractivity contribution is 0.220. The molecule has 0 saturated heterocycles. The molecule has 23 heavy (non-hydrogen) atoms. The molecular formula is C18H19N5. The number of para-hydroxylation sites is 1. The monoisotopic (exact) mass is 305 g/mol. The highest BCUT2D eigenvalue weighted by Crippen LogP contribution is 2.25. The summed E-state index contributed by atoms with van der Waals surface area (Å²) in [5.74, 6) is 0. The van der Waals surface area contributed by atoms with E-state index in [4.69, 9.17) is 5.73 Å². The van der Waals surface area contributed by atoms with Gasteiger partial charge in [-0.2, -0.15) is 15.0 Å². The highest BCUT2D eigenvalue weighted by molar-refractivity contribution is 5.32. The fourth-order valence-electron chi connectivity index (χ4n) is 3.12. The molecule has 0 fully saturated rings. The summed E-state index contributed by atoms with van der Waals surface area (Å²) in [6.45, 7) is 2.51. The molecule has 0 saturated carbocycles. The van der Waals surface area contributed by atoms with Gasteiger partial charge in [-0.1, -0.05) is 42.5 Å². The lowest BCUT2D eigenvalue weighted by Crippen LogP contribution is -2.36. The van der Waals surface area contributed by atoms with Crippen LogP contribution in [0.25, 0.3) is 5.69 Å². The van der Waals surface area contributed by atoms with Gasteiger partial charge in [-0.3, -0.25) is 4.90 Å². The van der Waals surface area contributed by atoms with Crippen LogP contribution < -0.4 is 5.73 Å². The fraction of sp³-hybridized carbons (Fsp3) is 0.222. The zero-order chi connectivity index (χ0) is 15.6. The largest absolute Gasteiger partial charge is 0.323 e. The second-order valence-electron chi connectivity index (χ2n) is 5.94. The van der Waals surface area contributed by atoms with Gasteiger partial charge >= 0.3 is 0 Å². The van der Waals surface area contributed by atoms with E-state index in [1.54, 1.807) is 4.80 Å². The van der Waals surface area contributed by atoms with Crippen LogP contribution in [0.15, 0.2) is 60.8 Å². The molecule has 5 nitrogen and oxygen atoms in total. The van der Waals surface area contributed by atoms with E-state index in [0.717, 1.165) is 31.0 Å². The van der Waals surface area contributed by atoms with Gasteiger partial charge < -0.3 is 5.73 Å². The minimum absolute atomic E-state index is 0.0594. The van der Waals surface area contributed by atoms with Crippen molar-refractivity contribution in [2.24, 2.45) is 5.73 Å². The van der Waals surface area contributed by atoms with Gasteiger partial charge in [0, 0.05) is 25.7 Å². The molecule has 116 valence electrons. The second kappa shape index (κ2) is 5.95. The van der Waals surface area contributed by atoms with E-state index in [2.05, 4.69) is 39.4 Å². The number of aromatic nitrogens is 3. The van der Waals surface area contributed by atoms with Gasteiger partial charge in [0.25, 0.3) is 0 Å². The Balaban J connectivity index is 1.51. The summed E-state index contributed by atoms with van der Waals surface area (Å²) in [7, 11) is 0. The maximum Gasteiger partial charge on any atom is 0.0971 e. The van der Waals surface area contributed by atoms with Crippen molar-refractivity contribution in [3.63, 3.8) is 0 Å². The molecule has 1 aliphatic heterocycles. The van der Waals surface area contributed by atoms with Crippen LogP contribution in [-0.2, 0) is 13.1 Å². The van der Waals surface area contributed by atoms with Crippen molar-refractivity contribution in [3.05, 3.63) is 77.6 Å². The van der Waals surface area contributed by atoms with E-state index in [9.17, 15) is 0 Å². The first-order chi connectivity index (χ1) is 11.3. The lowest BCUT2D eigenvalue weighted by atomic mass is 9.96. The maximum absolute atomic E-state index is 6.30. The maximum atomic E-state index is 6.30. The van der Waals surface area contributed by atoms with Gasteiger partial charge in [0.1, 0.15) is 0 Å². The Hall–Kier alpha value is -2.50. The number of rotatable bonds is 3. The molecule has 1 atom stereocenters. The van der Waals surface area contributed by atoms with Gasteiger partial charge in [-0.15, -0.1) is 0 Å². The molecule has 2 heterocycles. The first-order valence-corrected chi connectivity index (χ1v) is 7.82. The van der Waals surface area contributed by atoms with Crippen LogP contribution in [-0.4, -0.2) is 26.4 Å². The van der Waals surface area contributed by atoms with Gasteiger partial charge in [-0.25, -0.2) is 0 Å². The van der Waals surface area contributed by atoms with Gasteiger partial charge in [0.2, 0.25) is 0 Å². The topological polar surface area (TPSA) is 60.0 Å². The highest BCUT2D eigenvalue weighted by Gasteiger charge is 2.22. The van der Waals surface area contributed by atoms with E-state index >= 15 is 0 Å². The van der Waals surface area contributed by atoms with E-state index in [1.807, 2.05) is 36.5 Å². The third kappa shape index (κ3) is 2.88. The minimum atomic E-state index is 0.0594. The molecule has 2 N–H and O–H groups in total. The van der Waals surface area contributed by atoms with Crippen LogP contribution >= 0.6 is 0 Å². The first-order valence-electron chi connectivity index (χ1n) is 7.82. The van der Waals surface area contributed by atoms with Crippen LogP contribution in [0.2, 0.25) is 0 Å². The van der Waals surface area contributed by atoms with Crippen LogP contribution in [0, 0.1) is 0 Å². The summed E-state index contributed by atoms with van der Waals surface area (Å²) in [5.41, 5.74) is 10.8. The molecule has 1 aliphatic rings. The van der Waals surface area contributed by atoms with Crippen molar-refractivity contribution in [1.82, 2.24) is 19.9 Å². The Morgan fingerprint density at radius 3 is 2.70 bits per heavy atom. The third-order valence-corrected chi connectivity index (χ3v) is 4.22. The van der Waals surface area contributed by atoms with Gasteiger partial charge in [0.15, 0.2) is 0 Å². The molecule has 5 heteroatoms. The molecular weight excluding hydrogens is 286 g/mol. The Kier molecular flexibility index (Phi) is 3.65. The van der Waals surface area contributed by atoms with Crippen molar-refractivity contribution >= 4 is 0 Å². The fourth-order valence-corrected chi connectivity index (χ4v) is 3.12. The Morgan fingerprint density at radius 2 is 1.83 bits per heavy atom. The van der Waals surface area contributed by atoms with Crippen molar-refractivity contribution in [1.29, 1.82) is 0 Å². The number of hydrogen-bond donors (Lipinski definition) is 1. The smallest absolute Gasteiger partial charge is 0.0971 e. The summed E-state index contributed by atoms with van der Waals surface area (Å²) in [5, 5.41) is 8.94. The first kappa shape index (κ1) is 14.1. The van der Waals surface area contributed by atoms with Crippen LogP contribution in [0.3, 0.4) is 0 Å². The van der Waals surface area contributed by atoms with Crippen molar-refractivity contribution in [3.8, 4) is 5.69 Å². The molecule has 0 radical (unpaired) electrons. The summed E-state index contributed by atoms with van der Waals surface area (Å²) < 4.78 is 0.